The second-order valence-electron chi connectivity index (χ2n) is 12.0. The summed E-state index contributed by atoms with van der Waals surface area (Å²) in [6.07, 6.45) is 11.5. The first-order valence-corrected chi connectivity index (χ1v) is 16.5. The molecule has 14 heteroatoms. The topological polar surface area (TPSA) is 166 Å². The summed E-state index contributed by atoms with van der Waals surface area (Å²) in [5, 5.41) is 18.6. The Kier molecular flexibility index (Phi) is 8.55. The average molecular weight is 640 g/mol. The molecule has 240 valence electrons. The van der Waals surface area contributed by atoms with Gasteiger partial charge in [0, 0.05) is 54.9 Å². The van der Waals surface area contributed by atoms with Crippen LogP contribution in [0.2, 0.25) is 0 Å². The third kappa shape index (κ3) is 6.26. The molecule has 0 spiro atoms. The zero-order valence-electron chi connectivity index (χ0n) is 25.4. The number of nitrogens with two attached hydrogens (primary N) is 1. The van der Waals surface area contributed by atoms with Gasteiger partial charge in [0.05, 0.1) is 37.5 Å². The molecule has 0 saturated carbocycles. The minimum absolute atomic E-state index is 0.0182. The van der Waals surface area contributed by atoms with E-state index in [-0.39, 0.29) is 41.9 Å². The first kappa shape index (κ1) is 31.0. The molecule has 2 aromatic rings. The summed E-state index contributed by atoms with van der Waals surface area (Å²) in [4.78, 5) is 8.37. The molecule has 0 unspecified atom stereocenters. The van der Waals surface area contributed by atoms with Crippen LogP contribution in [-0.2, 0) is 14.8 Å². The Balaban J connectivity index is 1.11. The minimum atomic E-state index is -3.72. The second-order valence-corrected chi connectivity index (χ2v) is 13.9. The van der Waals surface area contributed by atoms with Gasteiger partial charge in [-0.3, -0.25) is 9.71 Å². The van der Waals surface area contributed by atoms with Crippen molar-refractivity contribution in [1.29, 1.82) is 0 Å². The maximum absolute atomic E-state index is 14.1. The molecule has 12 nitrogen and oxygen atoms in total. The van der Waals surface area contributed by atoms with Crippen LogP contribution in [-0.4, -0.2) is 58.9 Å². The Morgan fingerprint density at radius 1 is 1.24 bits per heavy atom. The van der Waals surface area contributed by atoms with E-state index in [1.54, 1.807) is 24.5 Å². The summed E-state index contributed by atoms with van der Waals surface area (Å²) in [5.74, 6) is 1.14. The summed E-state index contributed by atoms with van der Waals surface area (Å²) in [7, 11) is -2.23. The SMILES string of the molecule is COC1=CN=C[C@H](S(=O)(=O)NC2=C(C)C[C@@H]3C[C@H]([C@@H](O)c4cnn(-c5cnc(OC6=C(F)C=CCC6)cc5C)c4N)N[C@@H]3C2)C1. The van der Waals surface area contributed by atoms with Crippen LogP contribution in [0.25, 0.3) is 5.69 Å². The lowest BCUT2D eigenvalue weighted by Crippen LogP contribution is -2.42. The fraction of sp³-hybridized carbons (Fsp3) is 0.452. The van der Waals surface area contributed by atoms with Crippen molar-refractivity contribution in [2.45, 2.75) is 75.8 Å². The number of anilines is 1. The molecule has 0 amide bonds. The van der Waals surface area contributed by atoms with Gasteiger partial charge in [0.1, 0.15) is 22.6 Å². The van der Waals surface area contributed by atoms with E-state index in [1.807, 2.05) is 13.8 Å². The molecule has 0 aromatic carbocycles. The van der Waals surface area contributed by atoms with Crippen molar-refractivity contribution in [3.63, 3.8) is 0 Å². The summed E-state index contributed by atoms with van der Waals surface area (Å²) in [6.45, 7) is 3.80. The highest BCUT2D eigenvalue weighted by molar-refractivity contribution is 7.90. The van der Waals surface area contributed by atoms with Crippen molar-refractivity contribution in [2.24, 2.45) is 10.9 Å². The molecular formula is C31H38FN7O5S. The molecule has 1 fully saturated rings. The second kappa shape index (κ2) is 12.4. The normalized spacial score (nSPS) is 25.7. The summed E-state index contributed by atoms with van der Waals surface area (Å²) in [6, 6.07) is 1.38. The zero-order chi connectivity index (χ0) is 31.9. The van der Waals surface area contributed by atoms with Gasteiger partial charge in [-0.05, 0) is 50.7 Å². The molecule has 4 heterocycles. The van der Waals surface area contributed by atoms with E-state index in [9.17, 15) is 17.9 Å². The standard InChI is InChI=1S/C31H38FN7O5S/c1-17-8-19-10-26(37-25(19)12-24(17)38-45(41,42)21-11-20(43-3)13-34-14-21)30(40)22-15-36-39(31(22)33)27-16-35-29(9-18(27)2)44-28-7-5-4-6-23(28)32/h4,6,9,13-16,19,21,25-26,30,37-38,40H,5,7-8,10-12,33H2,1-3H3/t19-,21-,25-,26-,30+/m1/s1. The van der Waals surface area contributed by atoms with Crippen LogP contribution in [0.1, 0.15) is 62.7 Å². The van der Waals surface area contributed by atoms with Crippen molar-refractivity contribution in [2.75, 3.05) is 12.8 Å². The van der Waals surface area contributed by atoms with Crippen molar-refractivity contribution in [3.8, 4) is 11.6 Å². The van der Waals surface area contributed by atoms with E-state index >= 15 is 0 Å². The maximum atomic E-state index is 14.1. The van der Waals surface area contributed by atoms with E-state index in [0.717, 1.165) is 11.1 Å². The van der Waals surface area contributed by atoms with E-state index in [4.69, 9.17) is 15.2 Å². The number of nitrogen functional groups attached to an aromatic ring is 1. The molecule has 6 rings (SSSR count). The number of pyridine rings is 1. The number of halogens is 1. The Morgan fingerprint density at radius 2 is 2.07 bits per heavy atom. The largest absolute Gasteiger partial charge is 0.499 e. The van der Waals surface area contributed by atoms with Crippen LogP contribution < -0.4 is 20.5 Å². The quantitative estimate of drug-likeness (QED) is 0.320. The summed E-state index contributed by atoms with van der Waals surface area (Å²) < 4.78 is 55.7. The van der Waals surface area contributed by atoms with Crippen LogP contribution in [0.5, 0.6) is 5.88 Å². The van der Waals surface area contributed by atoms with Crippen LogP contribution in [0.3, 0.4) is 0 Å². The van der Waals surface area contributed by atoms with Gasteiger partial charge in [0.25, 0.3) is 0 Å². The third-order valence-corrected chi connectivity index (χ3v) is 10.6. The van der Waals surface area contributed by atoms with Gasteiger partial charge in [-0.25, -0.2) is 22.5 Å². The van der Waals surface area contributed by atoms with Gasteiger partial charge in [-0.2, -0.15) is 5.10 Å². The lowest BCUT2D eigenvalue weighted by atomic mass is 9.83. The van der Waals surface area contributed by atoms with Gasteiger partial charge in [-0.15, -0.1) is 0 Å². The fourth-order valence-electron chi connectivity index (χ4n) is 6.43. The van der Waals surface area contributed by atoms with Crippen molar-refractivity contribution < 1.29 is 27.4 Å². The highest BCUT2D eigenvalue weighted by Crippen LogP contribution is 2.40. The molecule has 0 bridgehead atoms. The number of ether oxygens (including phenoxy) is 2. The molecular weight excluding hydrogens is 601 g/mol. The number of rotatable bonds is 9. The number of methoxy groups -OCH3 is 1. The molecule has 2 aromatic heterocycles. The van der Waals surface area contributed by atoms with Gasteiger partial charge < -0.3 is 25.6 Å². The van der Waals surface area contributed by atoms with Crippen LogP contribution in [0, 0.1) is 12.8 Å². The van der Waals surface area contributed by atoms with E-state index < -0.39 is 27.2 Å². The van der Waals surface area contributed by atoms with Gasteiger partial charge in [-0.1, -0.05) is 11.6 Å². The Hall–Kier alpha value is -4.01. The highest BCUT2D eigenvalue weighted by atomic mass is 32.2. The first-order valence-electron chi connectivity index (χ1n) is 15.0. The smallest absolute Gasteiger partial charge is 0.240 e. The maximum Gasteiger partial charge on any atom is 0.240 e. The predicted molar refractivity (Wildman–Crippen MR) is 167 cm³/mol. The number of aliphatic hydroxyl groups excluding tert-OH is 1. The third-order valence-electron chi connectivity index (χ3n) is 8.98. The number of hydrogen-bond acceptors (Lipinski definition) is 10. The Bertz CT molecular complexity index is 1750. The van der Waals surface area contributed by atoms with Crippen LogP contribution >= 0.6 is 0 Å². The molecule has 5 N–H and O–H groups in total. The molecule has 0 radical (unpaired) electrons. The fourth-order valence-corrected chi connectivity index (χ4v) is 7.79. The zero-order valence-corrected chi connectivity index (χ0v) is 26.2. The van der Waals surface area contributed by atoms with E-state index in [1.165, 1.54) is 30.3 Å². The monoisotopic (exact) mass is 639 g/mol. The van der Waals surface area contributed by atoms with Gasteiger partial charge in [0.2, 0.25) is 15.9 Å². The number of nitrogens with one attached hydrogen (secondary N) is 2. The number of aromatic nitrogens is 3. The highest BCUT2D eigenvalue weighted by Gasteiger charge is 2.42. The molecule has 1 saturated heterocycles. The number of nitrogens with zero attached hydrogens (tertiary/aromatic N) is 4. The average Bonchev–Trinajstić information content (AvgIpc) is 3.61. The number of aliphatic imine (C=N–C) groups is 1. The summed E-state index contributed by atoms with van der Waals surface area (Å²) in [5.41, 5.74) is 10.0. The van der Waals surface area contributed by atoms with E-state index in [0.29, 0.717) is 54.8 Å². The van der Waals surface area contributed by atoms with Crippen LogP contribution in [0.4, 0.5) is 10.2 Å². The Labute approximate surface area is 261 Å². The number of allylic oxidation sites excluding steroid dienone is 6. The lowest BCUT2D eigenvalue weighted by Gasteiger charge is -2.30. The molecule has 2 aliphatic heterocycles. The minimum Gasteiger partial charge on any atom is -0.499 e. The molecule has 4 aliphatic rings. The van der Waals surface area contributed by atoms with Crippen LogP contribution in [0.15, 0.2) is 70.4 Å². The number of hydrogen-bond donors (Lipinski definition) is 4. The first-order chi connectivity index (χ1) is 21.5. The van der Waals surface area contributed by atoms with E-state index in [2.05, 4.69) is 25.1 Å². The number of sulfonamides is 1. The van der Waals surface area contributed by atoms with Crippen molar-refractivity contribution in [3.05, 3.63) is 76.6 Å². The number of fused-ring (bicyclic) bond motifs is 1. The number of aliphatic hydroxyl groups is 1. The Morgan fingerprint density at radius 3 is 2.82 bits per heavy atom. The van der Waals surface area contributed by atoms with Gasteiger partial charge >= 0.3 is 0 Å². The van der Waals surface area contributed by atoms with Crippen molar-refractivity contribution >= 4 is 22.1 Å². The molecule has 5 atom stereocenters. The molecule has 45 heavy (non-hydrogen) atoms. The number of aryl methyl sites for hydroxylation is 1. The lowest BCUT2D eigenvalue weighted by molar-refractivity contribution is 0.135. The predicted octanol–water partition coefficient (Wildman–Crippen LogP) is 3.77. The van der Waals surface area contributed by atoms with Gasteiger partial charge in [0.15, 0.2) is 5.83 Å². The van der Waals surface area contributed by atoms with Crippen molar-refractivity contribution in [1.82, 2.24) is 24.8 Å². The molecule has 2 aliphatic carbocycles. The summed E-state index contributed by atoms with van der Waals surface area (Å²) >= 11 is 0.